The zero-order valence-corrected chi connectivity index (χ0v) is 14.3. The van der Waals surface area contributed by atoms with Crippen molar-refractivity contribution in [2.24, 2.45) is 0 Å². The van der Waals surface area contributed by atoms with E-state index in [1.54, 1.807) is 24.0 Å². The van der Waals surface area contributed by atoms with Crippen molar-refractivity contribution < 1.29 is 14.3 Å². The zero-order valence-electron chi connectivity index (χ0n) is 14.3. The summed E-state index contributed by atoms with van der Waals surface area (Å²) < 4.78 is 7.40. The Morgan fingerprint density at radius 3 is 3.00 bits per heavy atom. The van der Waals surface area contributed by atoms with Gasteiger partial charge in [-0.1, -0.05) is 6.92 Å². The van der Waals surface area contributed by atoms with Gasteiger partial charge in [0.15, 0.2) is 11.5 Å². The first-order valence-corrected chi connectivity index (χ1v) is 8.46. The Morgan fingerprint density at radius 1 is 1.36 bits per heavy atom. The van der Waals surface area contributed by atoms with Gasteiger partial charge in [-0.25, -0.2) is 4.98 Å². The number of rotatable bonds is 3. The Kier molecular flexibility index (Phi) is 3.80. The van der Waals surface area contributed by atoms with Crippen LogP contribution in [0, 0.1) is 6.92 Å². The number of aromatic nitrogens is 3. The summed E-state index contributed by atoms with van der Waals surface area (Å²) in [4.78, 5) is 18.9. The molecule has 25 heavy (non-hydrogen) atoms. The Bertz CT molecular complexity index is 943. The van der Waals surface area contributed by atoms with Gasteiger partial charge >= 0.3 is 0 Å². The minimum atomic E-state index is -0.556. The number of nitrogens with zero attached hydrogens (tertiary/aromatic N) is 4. The molecule has 0 radical (unpaired) electrons. The topological polar surface area (TPSA) is 84.4 Å². The predicted molar refractivity (Wildman–Crippen MR) is 91.0 cm³/mol. The number of aliphatic hydroxyl groups excluding tert-OH is 1. The molecule has 0 spiro atoms. The average molecular weight is 340 g/mol. The van der Waals surface area contributed by atoms with E-state index in [2.05, 4.69) is 10.1 Å². The Morgan fingerprint density at radius 2 is 2.20 bits per heavy atom. The Hall–Kier alpha value is -2.67. The highest BCUT2D eigenvalue weighted by Gasteiger charge is 2.25. The van der Waals surface area contributed by atoms with Gasteiger partial charge in [0.25, 0.3) is 5.91 Å². The van der Waals surface area contributed by atoms with Crippen LogP contribution in [0.5, 0.6) is 0 Å². The summed E-state index contributed by atoms with van der Waals surface area (Å²) in [5.41, 5.74) is 3.58. The molecule has 7 heteroatoms. The number of amides is 1. The molecule has 0 aliphatic carbocycles. The second kappa shape index (κ2) is 6.00. The van der Waals surface area contributed by atoms with Crippen LogP contribution in [0.1, 0.15) is 47.1 Å². The van der Waals surface area contributed by atoms with E-state index < -0.39 is 6.10 Å². The van der Waals surface area contributed by atoms with Crippen LogP contribution in [-0.2, 0) is 13.1 Å². The van der Waals surface area contributed by atoms with Crippen molar-refractivity contribution in [3.05, 3.63) is 47.1 Å². The second-order valence-electron chi connectivity index (χ2n) is 6.35. The second-order valence-corrected chi connectivity index (χ2v) is 6.35. The Balaban J connectivity index is 1.57. The first-order chi connectivity index (χ1) is 12.0. The van der Waals surface area contributed by atoms with E-state index in [4.69, 9.17) is 4.42 Å². The molecule has 2 aromatic heterocycles. The van der Waals surface area contributed by atoms with Crippen molar-refractivity contribution in [3.63, 3.8) is 0 Å². The monoisotopic (exact) mass is 340 g/mol. The molecule has 4 rings (SSSR count). The third-order valence-electron chi connectivity index (χ3n) is 4.57. The Labute approximate surface area is 144 Å². The molecule has 0 saturated heterocycles. The van der Waals surface area contributed by atoms with Gasteiger partial charge in [-0.15, -0.1) is 0 Å². The molecule has 0 unspecified atom stereocenters. The number of carbonyl (C=O) groups excluding carboxylic acids is 1. The maximum Gasteiger partial charge on any atom is 0.254 e. The van der Waals surface area contributed by atoms with Crippen LogP contribution < -0.4 is 0 Å². The summed E-state index contributed by atoms with van der Waals surface area (Å²) in [6.07, 6.45) is 0.0646. The molecule has 1 aromatic carbocycles. The molecular formula is C18H20N4O3. The van der Waals surface area contributed by atoms with Gasteiger partial charge in [0.1, 0.15) is 5.52 Å². The molecule has 3 heterocycles. The van der Waals surface area contributed by atoms with Crippen LogP contribution in [0.4, 0.5) is 0 Å². The molecule has 1 atom stereocenters. The van der Waals surface area contributed by atoms with E-state index in [0.717, 1.165) is 11.2 Å². The van der Waals surface area contributed by atoms with Crippen LogP contribution in [-0.4, -0.2) is 37.2 Å². The number of hydrogen-bond acceptors (Lipinski definition) is 5. The standard InChI is InChI=1S/C18H20N4O3/c1-3-16(23)15-9-13-10-21(6-7-22(13)20-15)18(24)12-4-5-14-17(8-12)25-11(2)19-14/h4-5,8-9,16,23H,3,6-7,10H2,1-2H3/t16-/m1/s1. The van der Waals surface area contributed by atoms with Gasteiger partial charge in [-0.3, -0.25) is 9.48 Å². The lowest BCUT2D eigenvalue weighted by atomic mass is 10.1. The molecule has 1 aliphatic heterocycles. The fourth-order valence-electron chi connectivity index (χ4n) is 3.19. The summed E-state index contributed by atoms with van der Waals surface area (Å²) >= 11 is 0. The van der Waals surface area contributed by atoms with Crippen LogP contribution >= 0.6 is 0 Å². The summed E-state index contributed by atoms with van der Waals surface area (Å²) in [5, 5.41) is 14.4. The lowest BCUT2D eigenvalue weighted by molar-refractivity contribution is 0.0705. The normalized spacial score (nSPS) is 15.4. The van der Waals surface area contributed by atoms with Crippen LogP contribution in [0.25, 0.3) is 11.1 Å². The van der Waals surface area contributed by atoms with E-state index in [9.17, 15) is 9.90 Å². The van der Waals surface area contributed by atoms with Crippen molar-refractivity contribution in [1.29, 1.82) is 0 Å². The average Bonchev–Trinajstić information content (AvgIpc) is 3.21. The van der Waals surface area contributed by atoms with Gasteiger partial charge < -0.3 is 14.4 Å². The van der Waals surface area contributed by atoms with Crippen LogP contribution in [0.2, 0.25) is 0 Å². The number of carbonyl (C=O) groups is 1. The zero-order chi connectivity index (χ0) is 17.6. The van der Waals surface area contributed by atoms with Gasteiger partial charge in [-0.2, -0.15) is 5.10 Å². The number of oxazole rings is 1. The summed E-state index contributed by atoms with van der Waals surface area (Å²) in [6.45, 7) is 5.40. The van der Waals surface area contributed by atoms with Crippen LogP contribution in [0.3, 0.4) is 0 Å². The van der Waals surface area contributed by atoms with E-state index in [0.29, 0.717) is 48.8 Å². The number of fused-ring (bicyclic) bond motifs is 2. The molecule has 0 fully saturated rings. The highest BCUT2D eigenvalue weighted by atomic mass is 16.3. The van der Waals surface area contributed by atoms with Gasteiger partial charge in [-0.05, 0) is 30.7 Å². The number of hydrogen-bond donors (Lipinski definition) is 1. The highest BCUT2D eigenvalue weighted by Crippen LogP contribution is 2.22. The SMILES string of the molecule is CC[C@@H](O)c1cc2n(n1)CCN(C(=O)c1ccc3nc(C)oc3c1)C2. The molecule has 3 aromatic rings. The molecule has 1 N–H and O–H groups in total. The minimum Gasteiger partial charge on any atom is -0.441 e. The fraction of sp³-hybridized carbons (Fsp3) is 0.389. The highest BCUT2D eigenvalue weighted by molar-refractivity contribution is 5.97. The van der Waals surface area contributed by atoms with Crippen molar-refractivity contribution in [1.82, 2.24) is 19.7 Å². The van der Waals surface area contributed by atoms with E-state index in [1.165, 1.54) is 0 Å². The van der Waals surface area contributed by atoms with Crippen molar-refractivity contribution in [2.75, 3.05) is 6.54 Å². The third-order valence-corrected chi connectivity index (χ3v) is 4.57. The maximum absolute atomic E-state index is 12.8. The number of aryl methyl sites for hydroxylation is 1. The smallest absolute Gasteiger partial charge is 0.254 e. The summed E-state index contributed by atoms with van der Waals surface area (Å²) in [7, 11) is 0. The molecule has 1 amide bonds. The first kappa shape index (κ1) is 15.8. The third kappa shape index (κ3) is 2.80. The molecule has 1 aliphatic rings. The van der Waals surface area contributed by atoms with E-state index in [1.807, 2.05) is 23.7 Å². The lowest BCUT2D eigenvalue weighted by Crippen LogP contribution is -2.38. The fourth-order valence-corrected chi connectivity index (χ4v) is 3.19. The molecule has 130 valence electrons. The molecular weight excluding hydrogens is 320 g/mol. The van der Waals surface area contributed by atoms with Gasteiger partial charge in [0.2, 0.25) is 0 Å². The van der Waals surface area contributed by atoms with E-state index >= 15 is 0 Å². The molecule has 7 nitrogen and oxygen atoms in total. The number of aliphatic hydroxyl groups is 1. The lowest BCUT2D eigenvalue weighted by Gasteiger charge is -2.27. The predicted octanol–water partition coefficient (Wildman–Crippen LogP) is 2.43. The van der Waals surface area contributed by atoms with Crippen LogP contribution in [0.15, 0.2) is 28.7 Å². The largest absolute Gasteiger partial charge is 0.441 e. The van der Waals surface area contributed by atoms with Crippen molar-refractivity contribution in [3.8, 4) is 0 Å². The summed E-state index contributed by atoms with van der Waals surface area (Å²) in [5.74, 6) is 0.546. The minimum absolute atomic E-state index is 0.0407. The number of benzene rings is 1. The molecule has 0 bridgehead atoms. The van der Waals surface area contributed by atoms with Gasteiger partial charge in [0, 0.05) is 19.0 Å². The maximum atomic E-state index is 12.8. The van der Waals surface area contributed by atoms with Crippen molar-refractivity contribution in [2.45, 2.75) is 39.5 Å². The summed E-state index contributed by atoms with van der Waals surface area (Å²) in [6, 6.07) is 7.22. The quantitative estimate of drug-likeness (QED) is 0.791. The molecule has 0 saturated carbocycles. The van der Waals surface area contributed by atoms with Gasteiger partial charge in [0.05, 0.1) is 30.6 Å². The van der Waals surface area contributed by atoms with E-state index in [-0.39, 0.29) is 5.91 Å². The van der Waals surface area contributed by atoms with Crippen molar-refractivity contribution >= 4 is 17.0 Å². The first-order valence-electron chi connectivity index (χ1n) is 8.46.